The van der Waals surface area contributed by atoms with E-state index in [0.717, 1.165) is 17.1 Å². The molecule has 0 saturated carbocycles. The lowest BCUT2D eigenvalue weighted by molar-refractivity contribution is 0.425. The SMILES string of the molecule is CCSCc1noc(-c2ccc(C#N)cc2)n1. The third-order valence-electron chi connectivity index (χ3n) is 2.16. The van der Waals surface area contributed by atoms with Crippen LogP contribution in [0.4, 0.5) is 0 Å². The van der Waals surface area contributed by atoms with Crippen molar-refractivity contribution < 1.29 is 4.52 Å². The Labute approximate surface area is 104 Å². The standard InChI is InChI=1S/C12H11N3OS/c1-2-17-8-11-14-12(16-15-11)10-5-3-9(7-13)4-6-10/h3-6H,2,8H2,1H3. The maximum absolute atomic E-state index is 8.70. The largest absolute Gasteiger partial charge is 0.334 e. The van der Waals surface area contributed by atoms with Crippen LogP contribution in [0.5, 0.6) is 0 Å². The molecule has 1 heterocycles. The minimum absolute atomic E-state index is 0.501. The lowest BCUT2D eigenvalue weighted by atomic mass is 10.1. The van der Waals surface area contributed by atoms with Gasteiger partial charge in [-0.1, -0.05) is 12.1 Å². The van der Waals surface area contributed by atoms with E-state index in [-0.39, 0.29) is 0 Å². The van der Waals surface area contributed by atoms with E-state index in [1.165, 1.54) is 0 Å². The number of benzene rings is 1. The molecule has 2 rings (SSSR count). The molecule has 0 spiro atoms. The fraction of sp³-hybridized carbons (Fsp3) is 0.250. The van der Waals surface area contributed by atoms with Gasteiger partial charge in [0.25, 0.3) is 5.89 Å². The highest BCUT2D eigenvalue weighted by molar-refractivity contribution is 7.98. The summed E-state index contributed by atoms with van der Waals surface area (Å²) in [5.74, 6) is 2.99. The Morgan fingerprint density at radius 3 is 2.76 bits per heavy atom. The van der Waals surface area contributed by atoms with Gasteiger partial charge in [-0.25, -0.2) is 0 Å². The van der Waals surface area contributed by atoms with Crippen LogP contribution in [-0.4, -0.2) is 15.9 Å². The summed E-state index contributed by atoms with van der Waals surface area (Å²) in [6, 6.07) is 9.16. The minimum atomic E-state index is 0.501. The van der Waals surface area contributed by atoms with Crippen molar-refractivity contribution in [3.05, 3.63) is 35.7 Å². The minimum Gasteiger partial charge on any atom is -0.334 e. The topological polar surface area (TPSA) is 62.7 Å². The maximum Gasteiger partial charge on any atom is 0.257 e. The molecule has 0 saturated heterocycles. The second-order valence-electron chi connectivity index (χ2n) is 3.34. The van der Waals surface area contributed by atoms with Crippen LogP contribution in [0.15, 0.2) is 28.8 Å². The fourth-order valence-corrected chi connectivity index (χ4v) is 1.81. The molecule has 0 aliphatic rings. The van der Waals surface area contributed by atoms with Gasteiger partial charge in [-0.2, -0.15) is 22.0 Å². The number of nitriles is 1. The molecule has 0 radical (unpaired) electrons. The first kappa shape index (κ1) is 11.7. The van der Waals surface area contributed by atoms with Gasteiger partial charge in [0.15, 0.2) is 5.82 Å². The average molecular weight is 245 g/mol. The second kappa shape index (κ2) is 5.51. The van der Waals surface area contributed by atoms with Gasteiger partial charge in [0, 0.05) is 5.56 Å². The van der Waals surface area contributed by atoms with Gasteiger partial charge >= 0.3 is 0 Å². The third-order valence-corrected chi connectivity index (χ3v) is 3.03. The van der Waals surface area contributed by atoms with Crippen LogP contribution in [0.1, 0.15) is 18.3 Å². The van der Waals surface area contributed by atoms with E-state index >= 15 is 0 Å². The van der Waals surface area contributed by atoms with Crippen LogP contribution >= 0.6 is 11.8 Å². The summed E-state index contributed by atoms with van der Waals surface area (Å²) < 4.78 is 5.16. The predicted molar refractivity (Wildman–Crippen MR) is 66.3 cm³/mol. The zero-order chi connectivity index (χ0) is 12.1. The number of hydrogen-bond donors (Lipinski definition) is 0. The molecule has 0 unspecified atom stereocenters. The molecule has 86 valence electrons. The van der Waals surface area contributed by atoms with E-state index in [1.54, 1.807) is 23.9 Å². The summed E-state index contributed by atoms with van der Waals surface area (Å²) in [4.78, 5) is 4.29. The van der Waals surface area contributed by atoms with E-state index < -0.39 is 0 Å². The van der Waals surface area contributed by atoms with E-state index in [9.17, 15) is 0 Å². The molecule has 2 aromatic rings. The Morgan fingerprint density at radius 2 is 2.12 bits per heavy atom. The quantitative estimate of drug-likeness (QED) is 0.828. The van der Waals surface area contributed by atoms with Crippen molar-refractivity contribution in [3.63, 3.8) is 0 Å². The van der Waals surface area contributed by atoms with Gasteiger partial charge in [0.1, 0.15) is 0 Å². The molecule has 17 heavy (non-hydrogen) atoms. The molecular weight excluding hydrogens is 234 g/mol. The van der Waals surface area contributed by atoms with Crippen LogP contribution in [0.3, 0.4) is 0 Å². The first-order valence-electron chi connectivity index (χ1n) is 5.24. The van der Waals surface area contributed by atoms with E-state index in [1.807, 2.05) is 12.1 Å². The lowest BCUT2D eigenvalue weighted by Gasteiger charge is -1.93. The Bertz CT molecular complexity index is 527. The monoisotopic (exact) mass is 245 g/mol. The predicted octanol–water partition coefficient (Wildman–Crippen LogP) is 2.86. The third kappa shape index (κ3) is 2.86. The van der Waals surface area contributed by atoms with E-state index in [2.05, 4.69) is 23.1 Å². The van der Waals surface area contributed by atoms with Crippen LogP contribution in [0, 0.1) is 11.3 Å². The summed E-state index contributed by atoms with van der Waals surface area (Å²) in [5.41, 5.74) is 1.46. The first-order chi connectivity index (χ1) is 8.33. The normalized spacial score (nSPS) is 10.1. The number of hydrogen-bond acceptors (Lipinski definition) is 5. The lowest BCUT2D eigenvalue weighted by Crippen LogP contribution is -1.84. The number of aromatic nitrogens is 2. The Morgan fingerprint density at radius 1 is 1.35 bits per heavy atom. The smallest absolute Gasteiger partial charge is 0.257 e. The summed E-state index contributed by atoms with van der Waals surface area (Å²) >= 11 is 1.75. The summed E-state index contributed by atoms with van der Waals surface area (Å²) in [7, 11) is 0. The molecule has 0 bridgehead atoms. The molecule has 4 nitrogen and oxygen atoms in total. The second-order valence-corrected chi connectivity index (χ2v) is 4.62. The van der Waals surface area contributed by atoms with Crippen LogP contribution < -0.4 is 0 Å². The van der Waals surface area contributed by atoms with Crippen molar-refractivity contribution in [1.82, 2.24) is 10.1 Å². The molecule has 0 fully saturated rings. The van der Waals surface area contributed by atoms with Crippen molar-refractivity contribution in [2.75, 3.05) is 5.75 Å². The van der Waals surface area contributed by atoms with Crippen molar-refractivity contribution in [2.45, 2.75) is 12.7 Å². The Balaban J connectivity index is 2.16. The van der Waals surface area contributed by atoms with Gasteiger partial charge in [0.05, 0.1) is 17.4 Å². The van der Waals surface area contributed by atoms with Crippen LogP contribution in [0.2, 0.25) is 0 Å². The van der Waals surface area contributed by atoms with Crippen LogP contribution in [-0.2, 0) is 5.75 Å². The zero-order valence-corrected chi connectivity index (χ0v) is 10.2. The highest BCUT2D eigenvalue weighted by Crippen LogP contribution is 2.19. The van der Waals surface area contributed by atoms with E-state index in [4.69, 9.17) is 9.78 Å². The molecule has 5 heteroatoms. The van der Waals surface area contributed by atoms with Gasteiger partial charge in [-0.3, -0.25) is 0 Å². The molecule has 1 aromatic heterocycles. The number of rotatable bonds is 4. The summed E-state index contributed by atoms with van der Waals surface area (Å²) in [5, 5.41) is 12.6. The summed E-state index contributed by atoms with van der Waals surface area (Å²) in [6.07, 6.45) is 0. The van der Waals surface area contributed by atoms with Crippen LogP contribution in [0.25, 0.3) is 11.5 Å². The highest BCUT2D eigenvalue weighted by atomic mass is 32.2. The van der Waals surface area contributed by atoms with Crippen molar-refractivity contribution in [2.24, 2.45) is 0 Å². The van der Waals surface area contributed by atoms with Gasteiger partial charge in [-0.15, -0.1) is 0 Å². The Hall–Kier alpha value is -1.80. The van der Waals surface area contributed by atoms with Gasteiger partial charge in [-0.05, 0) is 30.0 Å². The maximum atomic E-state index is 8.70. The average Bonchev–Trinajstić information content (AvgIpc) is 2.85. The molecule has 0 atom stereocenters. The molecular formula is C12H11N3OS. The molecule has 0 N–H and O–H groups in total. The number of thioether (sulfide) groups is 1. The highest BCUT2D eigenvalue weighted by Gasteiger charge is 2.08. The molecule has 0 aliphatic heterocycles. The molecule has 0 aliphatic carbocycles. The Kier molecular flexibility index (Phi) is 3.78. The number of nitrogens with zero attached hydrogens (tertiary/aromatic N) is 3. The summed E-state index contributed by atoms with van der Waals surface area (Å²) in [6.45, 7) is 2.09. The van der Waals surface area contributed by atoms with Gasteiger partial charge < -0.3 is 4.52 Å². The van der Waals surface area contributed by atoms with E-state index in [0.29, 0.717) is 17.3 Å². The first-order valence-corrected chi connectivity index (χ1v) is 6.40. The zero-order valence-electron chi connectivity index (χ0n) is 9.38. The van der Waals surface area contributed by atoms with Crippen molar-refractivity contribution in [1.29, 1.82) is 5.26 Å². The molecule has 0 amide bonds. The van der Waals surface area contributed by atoms with Crippen molar-refractivity contribution in [3.8, 4) is 17.5 Å². The van der Waals surface area contributed by atoms with Crippen molar-refractivity contribution >= 4 is 11.8 Å². The molecule has 1 aromatic carbocycles. The fourth-order valence-electron chi connectivity index (χ4n) is 1.31. The van der Waals surface area contributed by atoms with Gasteiger partial charge in [0.2, 0.25) is 0 Å².